The highest BCUT2D eigenvalue weighted by atomic mass is 32.1. The zero-order chi connectivity index (χ0) is 25.4. The monoisotopic (exact) mass is 530 g/mol. The summed E-state index contributed by atoms with van der Waals surface area (Å²) in [5.41, 5.74) is 10.2. The molecule has 3 aromatic heterocycles. The number of benzene rings is 1. The number of carbonyl (C=O) groups excluding carboxylic acids is 2. The third-order valence-electron chi connectivity index (χ3n) is 7.68. The largest absolute Gasteiger partial charge is 0.397 e. The van der Waals surface area contributed by atoms with Crippen molar-refractivity contribution in [3.63, 3.8) is 0 Å². The van der Waals surface area contributed by atoms with Crippen molar-refractivity contribution >= 4 is 50.4 Å². The molecule has 2 amide bonds. The Morgan fingerprint density at radius 3 is 2.70 bits per heavy atom. The number of nitrogens with two attached hydrogens (primary N) is 1. The Hall–Kier alpha value is -3.23. The van der Waals surface area contributed by atoms with Gasteiger partial charge in [-0.2, -0.15) is 0 Å². The van der Waals surface area contributed by atoms with Crippen molar-refractivity contribution in [3.05, 3.63) is 69.9 Å². The van der Waals surface area contributed by atoms with Gasteiger partial charge in [0.15, 0.2) is 0 Å². The Kier molecular flexibility index (Phi) is 6.69. The van der Waals surface area contributed by atoms with Crippen molar-refractivity contribution in [1.29, 1.82) is 0 Å². The van der Waals surface area contributed by atoms with Crippen molar-refractivity contribution in [1.82, 2.24) is 15.2 Å². The van der Waals surface area contributed by atoms with Gasteiger partial charge in [0, 0.05) is 24.4 Å². The second-order valence-corrected chi connectivity index (χ2v) is 11.9. The summed E-state index contributed by atoms with van der Waals surface area (Å²) >= 11 is 2.99. The van der Waals surface area contributed by atoms with Gasteiger partial charge < -0.3 is 16.0 Å². The van der Waals surface area contributed by atoms with E-state index in [0.29, 0.717) is 23.7 Å². The first kappa shape index (κ1) is 24.1. The fourth-order valence-electron chi connectivity index (χ4n) is 5.67. The van der Waals surface area contributed by atoms with Crippen LogP contribution in [0.4, 0.5) is 5.69 Å². The van der Waals surface area contributed by atoms with Crippen LogP contribution in [0, 0.1) is 5.92 Å². The summed E-state index contributed by atoms with van der Waals surface area (Å²) in [5.74, 6) is 0.102. The molecule has 1 aliphatic heterocycles. The summed E-state index contributed by atoms with van der Waals surface area (Å²) in [6.07, 6.45) is 6.12. The fourth-order valence-corrected chi connectivity index (χ4v) is 7.41. The Labute approximate surface area is 224 Å². The number of pyridine rings is 1. The molecule has 0 bridgehead atoms. The minimum absolute atomic E-state index is 0.0820. The maximum atomic E-state index is 14.0. The number of hydrogen-bond acceptors (Lipinski definition) is 6. The number of fused-ring (bicyclic) bond motifs is 2. The quantitative estimate of drug-likeness (QED) is 0.329. The lowest BCUT2D eigenvalue weighted by Crippen LogP contribution is -2.46. The van der Waals surface area contributed by atoms with E-state index in [1.807, 2.05) is 46.7 Å². The highest BCUT2D eigenvalue weighted by Crippen LogP contribution is 2.38. The normalized spacial score (nSPS) is 18.1. The number of nitrogen functional groups attached to an aromatic ring is 1. The van der Waals surface area contributed by atoms with Crippen LogP contribution in [0.25, 0.3) is 20.8 Å². The number of hydrogen-bond donors (Lipinski definition) is 2. The van der Waals surface area contributed by atoms with E-state index in [0.717, 1.165) is 58.5 Å². The van der Waals surface area contributed by atoms with E-state index in [9.17, 15) is 9.59 Å². The van der Waals surface area contributed by atoms with E-state index in [2.05, 4.69) is 17.4 Å². The van der Waals surface area contributed by atoms with Crippen molar-refractivity contribution in [2.24, 2.45) is 5.92 Å². The maximum absolute atomic E-state index is 14.0. The molecule has 8 heteroatoms. The summed E-state index contributed by atoms with van der Waals surface area (Å²) in [7, 11) is 0. The van der Waals surface area contributed by atoms with Crippen LogP contribution in [0.2, 0.25) is 0 Å². The van der Waals surface area contributed by atoms with E-state index in [1.165, 1.54) is 23.3 Å². The molecule has 1 saturated carbocycles. The average Bonchev–Trinajstić information content (AvgIpc) is 3.60. The van der Waals surface area contributed by atoms with Crippen molar-refractivity contribution in [2.45, 2.75) is 44.6 Å². The molecule has 3 N–H and O–H groups in total. The molecule has 6 rings (SSSR count). The first-order valence-electron chi connectivity index (χ1n) is 13.0. The molecule has 0 radical (unpaired) electrons. The van der Waals surface area contributed by atoms with Crippen LogP contribution in [0.3, 0.4) is 0 Å². The highest BCUT2D eigenvalue weighted by Gasteiger charge is 2.34. The van der Waals surface area contributed by atoms with Crippen molar-refractivity contribution in [3.8, 4) is 10.6 Å². The number of aromatic nitrogens is 1. The number of anilines is 1. The second kappa shape index (κ2) is 10.3. The molecule has 1 atom stereocenters. The van der Waals surface area contributed by atoms with Crippen LogP contribution in [0.5, 0.6) is 0 Å². The molecule has 190 valence electrons. The molecule has 1 aromatic carbocycles. The summed E-state index contributed by atoms with van der Waals surface area (Å²) in [6.45, 7) is 0.991. The minimum Gasteiger partial charge on any atom is -0.397 e. The number of nitrogens with zero attached hydrogens (tertiary/aromatic N) is 2. The summed E-state index contributed by atoms with van der Waals surface area (Å²) in [5, 5.41) is 6.03. The van der Waals surface area contributed by atoms with Crippen LogP contribution in [0.15, 0.2) is 53.9 Å². The molecule has 2 aliphatic rings. The fraction of sp³-hybridized carbons (Fsp3) is 0.345. The standard InChI is InChI=1S/C29H30N4O2S2/c30-25-21-12-13-22(24-11-6-16-36-24)32-28(21)37-26(25)29(35)33-15-14-18-7-4-5-10-20(18)23(33)17-31-27(34)19-8-2-1-3-9-19/h4-7,10-13,16,19,23H,1-3,8-9,14-15,17,30H2,(H,31,34). The van der Waals surface area contributed by atoms with Gasteiger partial charge in [0.2, 0.25) is 5.91 Å². The van der Waals surface area contributed by atoms with Gasteiger partial charge in [-0.3, -0.25) is 9.59 Å². The third-order valence-corrected chi connectivity index (χ3v) is 9.68. The second-order valence-electron chi connectivity index (χ2n) is 9.91. The molecule has 0 spiro atoms. The molecule has 6 nitrogen and oxygen atoms in total. The van der Waals surface area contributed by atoms with E-state index < -0.39 is 0 Å². The van der Waals surface area contributed by atoms with Gasteiger partial charge in [0.05, 0.1) is 22.3 Å². The van der Waals surface area contributed by atoms with Gasteiger partial charge in [-0.05, 0) is 54.0 Å². The minimum atomic E-state index is -0.232. The first-order chi connectivity index (χ1) is 18.1. The van der Waals surface area contributed by atoms with E-state index in [1.54, 1.807) is 11.3 Å². The molecular formula is C29H30N4O2S2. The number of thiophene rings is 2. The van der Waals surface area contributed by atoms with E-state index in [-0.39, 0.29) is 23.8 Å². The number of amides is 2. The van der Waals surface area contributed by atoms with Gasteiger partial charge in [0.25, 0.3) is 5.91 Å². The van der Waals surface area contributed by atoms with Crippen LogP contribution in [-0.2, 0) is 11.2 Å². The Balaban J connectivity index is 1.29. The van der Waals surface area contributed by atoms with Crippen LogP contribution in [-0.4, -0.2) is 34.8 Å². The smallest absolute Gasteiger partial charge is 0.266 e. The van der Waals surface area contributed by atoms with Gasteiger partial charge in [-0.25, -0.2) is 4.98 Å². The zero-order valence-electron chi connectivity index (χ0n) is 20.6. The van der Waals surface area contributed by atoms with Gasteiger partial charge >= 0.3 is 0 Å². The lowest BCUT2D eigenvalue weighted by atomic mass is 9.88. The Morgan fingerprint density at radius 2 is 1.89 bits per heavy atom. The maximum Gasteiger partial charge on any atom is 0.266 e. The molecular weight excluding hydrogens is 500 g/mol. The zero-order valence-corrected chi connectivity index (χ0v) is 22.2. The van der Waals surface area contributed by atoms with Crippen LogP contribution < -0.4 is 11.1 Å². The predicted octanol–water partition coefficient (Wildman–Crippen LogP) is 6.04. The van der Waals surface area contributed by atoms with E-state index in [4.69, 9.17) is 10.7 Å². The lowest BCUT2D eigenvalue weighted by molar-refractivity contribution is -0.126. The predicted molar refractivity (Wildman–Crippen MR) is 151 cm³/mol. The van der Waals surface area contributed by atoms with Crippen molar-refractivity contribution < 1.29 is 9.59 Å². The van der Waals surface area contributed by atoms with Gasteiger partial charge in [0.1, 0.15) is 9.71 Å². The lowest BCUT2D eigenvalue weighted by Gasteiger charge is -2.37. The van der Waals surface area contributed by atoms with Gasteiger partial charge in [-0.15, -0.1) is 22.7 Å². The molecule has 1 fully saturated rings. The molecule has 1 aliphatic carbocycles. The number of rotatable bonds is 5. The van der Waals surface area contributed by atoms with Crippen LogP contribution in [0.1, 0.15) is 58.9 Å². The van der Waals surface area contributed by atoms with Crippen LogP contribution >= 0.6 is 22.7 Å². The third kappa shape index (κ3) is 4.64. The Morgan fingerprint density at radius 1 is 1.05 bits per heavy atom. The van der Waals surface area contributed by atoms with Crippen molar-refractivity contribution in [2.75, 3.05) is 18.8 Å². The molecule has 37 heavy (non-hydrogen) atoms. The summed E-state index contributed by atoms with van der Waals surface area (Å²) in [6, 6.07) is 16.0. The molecule has 0 saturated heterocycles. The highest BCUT2D eigenvalue weighted by molar-refractivity contribution is 7.21. The molecule has 4 aromatic rings. The number of carbonyl (C=O) groups is 2. The summed E-state index contributed by atoms with van der Waals surface area (Å²) in [4.78, 5) is 36.0. The van der Waals surface area contributed by atoms with Gasteiger partial charge in [-0.1, -0.05) is 49.6 Å². The first-order valence-corrected chi connectivity index (χ1v) is 14.7. The molecule has 4 heterocycles. The van der Waals surface area contributed by atoms with E-state index >= 15 is 0 Å². The number of nitrogens with one attached hydrogen (secondary N) is 1. The molecule has 1 unspecified atom stereocenters. The Bertz CT molecular complexity index is 1440. The SMILES string of the molecule is Nc1c(C(=O)N2CCc3ccccc3C2CNC(=O)C2CCCCC2)sc2nc(-c3cccs3)ccc12. The topological polar surface area (TPSA) is 88.3 Å². The average molecular weight is 531 g/mol. The summed E-state index contributed by atoms with van der Waals surface area (Å²) < 4.78 is 0.